The molecule has 6 rings (SSSR count). The molecule has 0 aliphatic heterocycles. The Kier molecular flexibility index (Phi) is 4.52. The molecule has 0 aromatic carbocycles. The van der Waals surface area contributed by atoms with Crippen molar-refractivity contribution in [1.29, 1.82) is 0 Å². The highest BCUT2D eigenvalue weighted by Crippen LogP contribution is 2.43. The standard InChI is InChI=1S/C22H24N6O2S.H2/c29-20(12-3-4-12)28-22-16(21(30)25-10-11-1-2-11)14-9-13(5-6-15(14)31-22)17-26-18-19(27-17)24-8-7-23-18;/h7-8,11-13H,1-6,9-10H2,(H,25,30)(H,28,29)(H,23,24,26,27);1H. The van der Waals surface area contributed by atoms with E-state index in [1.54, 1.807) is 23.7 Å². The van der Waals surface area contributed by atoms with Crippen LogP contribution in [-0.2, 0) is 17.6 Å². The summed E-state index contributed by atoms with van der Waals surface area (Å²) in [5.41, 5.74) is 3.02. The number of aromatic nitrogens is 4. The molecule has 31 heavy (non-hydrogen) atoms. The molecule has 2 amide bonds. The van der Waals surface area contributed by atoms with Crippen molar-refractivity contribution in [1.82, 2.24) is 25.3 Å². The van der Waals surface area contributed by atoms with Crippen molar-refractivity contribution < 1.29 is 11.0 Å². The van der Waals surface area contributed by atoms with Crippen LogP contribution in [-0.4, -0.2) is 38.3 Å². The van der Waals surface area contributed by atoms with E-state index in [9.17, 15) is 9.59 Å². The summed E-state index contributed by atoms with van der Waals surface area (Å²) in [5, 5.41) is 6.88. The fourth-order valence-corrected chi connectivity index (χ4v) is 5.55. The molecule has 1 unspecified atom stereocenters. The molecule has 3 aromatic heterocycles. The maximum absolute atomic E-state index is 13.2. The van der Waals surface area contributed by atoms with Crippen LogP contribution < -0.4 is 10.6 Å². The van der Waals surface area contributed by atoms with Gasteiger partial charge < -0.3 is 15.6 Å². The van der Waals surface area contributed by atoms with Gasteiger partial charge in [-0.1, -0.05) is 0 Å². The number of imidazole rings is 1. The number of hydrogen-bond donors (Lipinski definition) is 3. The van der Waals surface area contributed by atoms with Crippen molar-refractivity contribution in [3.63, 3.8) is 0 Å². The second-order valence-corrected chi connectivity index (χ2v) is 10.0. The smallest absolute Gasteiger partial charge is 0.254 e. The summed E-state index contributed by atoms with van der Waals surface area (Å²) >= 11 is 1.57. The lowest BCUT2D eigenvalue weighted by atomic mass is 9.85. The van der Waals surface area contributed by atoms with Gasteiger partial charge in [-0.3, -0.25) is 9.59 Å². The normalized spacial score (nSPS) is 20.5. The van der Waals surface area contributed by atoms with Crippen LogP contribution in [0.5, 0.6) is 0 Å². The number of thiophene rings is 1. The fourth-order valence-electron chi connectivity index (χ4n) is 4.31. The van der Waals surface area contributed by atoms with Gasteiger partial charge in [0.25, 0.3) is 5.91 Å². The predicted molar refractivity (Wildman–Crippen MR) is 119 cm³/mol. The third-order valence-corrected chi connectivity index (χ3v) is 7.67. The summed E-state index contributed by atoms with van der Waals surface area (Å²) < 4.78 is 0. The number of carbonyl (C=O) groups is 2. The first-order chi connectivity index (χ1) is 15.2. The van der Waals surface area contributed by atoms with Crippen LogP contribution in [0.2, 0.25) is 0 Å². The Bertz CT molecular complexity index is 1150. The van der Waals surface area contributed by atoms with Crippen LogP contribution in [0, 0.1) is 11.8 Å². The topological polar surface area (TPSA) is 113 Å². The molecular formula is C22H26N6O2S. The zero-order valence-corrected chi connectivity index (χ0v) is 17.9. The fraction of sp³-hybridized carbons (Fsp3) is 0.500. The van der Waals surface area contributed by atoms with E-state index < -0.39 is 0 Å². The van der Waals surface area contributed by atoms with Crippen LogP contribution in [0.3, 0.4) is 0 Å². The first-order valence-corrected chi connectivity index (χ1v) is 11.9. The maximum atomic E-state index is 13.2. The Morgan fingerprint density at radius 3 is 2.77 bits per heavy atom. The summed E-state index contributed by atoms with van der Waals surface area (Å²) in [5.74, 6) is 1.71. The Morgan fingerprint density at radius 1 is 1.16 bits per heavy atom. The number of aromatic amines is 1. The maximum Gasteiger partial charge on any atom is 0.254 e. The highest BCUT2D eigenvalue weighted by atomic mass is 32.1. The zero-order valence-electron chi connectivity index (χ0n) is 17.1. The molecule has 162 valence electrons. The van der Waals surface area contributed by atoms with Crippen molar-refractivity contribution in [2.24, 2.45) is 11.8 Å². The molecule has 3 N–H and O–H groups in total. The number of H-pyrrole nitrogens is 1. The summed E-state index contributed by atoms with van der Waals surface area (Å²) in [7, 11) is 0. The summed E-state index contributed by atoms with van der Waals surface area (Å²) in [6, 6.07) is 0. The molecular weight excluding hydrogens is 412 g/mol. The number of anilines is 1. The Hall–Kier alpha value is -2.81. The highest BCUT2D eigenvalue weighted by Gasteiger charge is 2.35. The van der Waals surface area contributed by atoms with Crippen molar-refractivity contribution in [2.45, 2.75) is 50.9 Å². The number of carbonyl (C=O) groups excluding carboxylic acids is 2. The van der Waals surface area contributed by atoms with Gasteiger partial charge in [0.15, 0.2) is 11.3 Å². The van der Waals surface area contributed by atoms with Gasteiger partial charge in [-0.15, -0.1) is 11.3 Å². The number of aryl methyl sites for hydroxylation is 1. The highest BCUT2D eigenvalue weighted by molar-refractivity contribution is 7.17. The van der Waals surface area contributed by atoms with Gasteiger partial charge in [-0.2, -0.15) is 0 Å². The van der Waals surface area contributed by atoms with E-state index in [0.29, 0.717) is 34.3 Å². The van der Waals surface area contributed by atoms with Crippen LogP contribution in [0.15, 0.2) is 12.4 Å². The summed E-state index contributed by atoms with van der Waals surface area (Å²) in [6.45, 7) is 0.712. The average Bonchev–Trinajstić information content (AvgIpc) is 3.70. The predicted octanol–water partition coefficient (Wildman–Crippen LogP) is 3.42. The Balaban J connectivity index is 0.00000216. The molecule has 1 atom stereocenters. The lowest BCUT2D eigenvalue weighted by molar-refractivity contribution is -0.117. The number of rotatable bonds is 6. The second-order valence-electron chi connectivity index (χ2n) is 8.92. The lowest BCUT2D eigenvalue weighted by Gasteiger charge is -2.21. The summed E-state index contributed by atoms with van der Waals surface area (Å²) in [6.07, 6.45) is 10.1. The molecule has 9 heteroatoms. The van der Waals surface area contributed by atoms with Crippen molar-refractivity contribution in [3.8, 4) is 0 Å². The number of amides is 2. The zero-order chi connectivity index (χ0) is 20.9. The molecule has 0 saturated heterocycles. The van der Waals surface area contributed by atoms with E-state index >= 15 is 0 Å². The lowest BCUT2D eigenvalue weighted by Crippen LogP contribution is -2.28. The van der Waals surface area contributed by atoms with Gasteiger partial charge in [-0.25, -0.2) is 15.0 Å². The average molecular weight is 439 g/mol. The monoisotopic (exact) mass is 438 g/mol. The number of nitrogens with one attached hydrogen (secondary N) is 3. The minimum Gasteiger partial charge on any atom is -0.352 e. The number of hydrogen-bond acceptors (Lipinski definition) is 6. The van der Waals surface area contributed by atoms with E-state index in [-0.39, 0.29) is 25.1 Å². The van der Waals surface area contributed by atoms with Crippen LogP contribution >= 0.6 is 11.3 Å². The van der Waals surface area contributed by atoms with Gasteiger partial charge in [0, 0.05) is 37.1 Å². The van der Waals surface area contributed by atoms with Gasteiger partial charge in [-0.05, 0) is 56.4 Å². The minimum absolute atomic E-state index is 0. The molecule has 2 saturated carbocycles. The molecule has 3 aliphatic carbocycles. The van der Waals surface area contributed by atoms with Crippen molar-refractivity contribution in [3.05, 3.63) is 34.2 Å². The third kappa shape index (κ3) is 3.71. The van der Waals surface area contributed by atoms with Gasteiger partial charge in [0.1, 0.15) is 10.8 Å². The van der Waals surface area contributed by atoms with Crippen LogP contribution in [0.1, 0.15) is 66.1 Å². The van der Waals surface area contributed by atoms with Crippen LogP contribution in [0.25, 0.3) is 11.3 Å². The second kappa shape index (κ2) is 7.40. The largest absolute Gasteiger partial charge is 0.352 e. The molecule has 0 bridgehead atoms. The van der Waals surface area contributed by atoms with E-state index in [4.69, 9.17) is 0 Å². The quantitative estimate of drug-likeness (QED) is 0.546. The molecule has 8 nitrogen and oxygen atoms in total. The number of nitrogens with zero attached hydrogens (tertiary/aromatic N) is 3. The van der Waals surface area contributed by atoms with Gasteiger partial charge >= 0.3 is 0 Å². The SMILES string of the molecule is O=C(NCC1CC1)c1c(NC(=O)C2CC2)sc2c1CC(c1nc3nccnc3[nH]1)CC2.[HH]. The van der Waals surface area contributed by atoms with E-state index in [1.807, 2.05) is 0 Å². The molecule has 3 heterocycles. The van der Waals surface area contributed by atoms with Gasteiger partial charge in [0.2, 0.25) is 5.91 Å². The first-order valence-electron chi connectivity index (χ1n) is 11.1. The molecule has 0 spiro atoms. The molecule has 2 fully saturated rings. The minimum atomic E-state index is -0.0657. The van der Waals surface area contributed by atoms with E-state index in [2.05, 4.69) is 30.6 Å². The van der Waals surface area contributed by atoms with Crippen molar-refractivity contribution in [2.75, 3.05) is 11.9 Å². The van der Waals surface area contributed by atoms with Gasteiger partial charge in [0.05, 0.1) is 5.56 Å². The molecule has 0 radical (unpaired) electrons. The summed E-state index contributed by atoms with van der Waals surface area (Å²) in [4.78, 5) is 43.4. The van der Waals surface area contributed by atoms with E-state index in [1.165, 1.54) is 17.7 Å². The van der Waals surface area contributed by atoms with Crippen molar-refractivity contribution >= 4 is 39.4 Å². The Morgan fingerprint density at radius 2 is 2.00 bits per heavy atom. The molecule has 3 aliphatic rings. The van der Waals surface area contributed by atoms with E-state index in [0.717, 1.165) is 43.5 Å². The molecule has 3 aromatic rings. The van der Waals surface area contributed by atoms with Crippen LogP contribution in [0.4, 0.5) is 5.00 Å². The number of fused-ring (bicyclic) bond motifs is 2. The Labute approximate surface area is 184 Å². The third-order valence-electron chi connectivity index (χ3n) is 6.46. The first kappa shape index (κ1) is 18.9.